The van der Waals surface area contributed by atoms with E-state index in [0.29, 0.717) is 31.4 Å². The maximum atomic E-state index is 11.3. The average Bonchev–Trinajstić information content (AvgIpc) is 2.87. The summed E-state index contributed by atoms with van der Waals surface area (Å²) in [5.74, 6) is -1.12. The van der Waals surface area contributed by atoms with E-state index in [1.165, 1.54) is 10.7 Å². The number of nitrogens with zero attached hydrogens (tertiary/aromatic N) is 2. The summed E-state index contributed by atoms with van der Waals surface area (Å²) in [5, 5.41) is 12.9. The lowest BCUT2D eigenvalue weighted by Crippen LogP contribution is -2.24. The Labute approximate surface area is 122 Å². The Hall–Kier alpha value is -2.31. The molecule has 21 heavy (non-hydrogen) atoms. The van der Waals surface area contributed by atoms with Gasteiger partial charge in [0.05, 0.1) is 6.61 Å². The van der Waals surface area contributed by atoms with Crippen LogP contribution in [-0.4, -0.2) is 39.0 Å². The monoisotopic (exact) mass is 294 g/mol. The van der Waals surface area contributed by atoms with Crippen molar-refractivity contribution >= 4 is 11.9 Å². The molecule has 1 N–H and O–H groups in total. The van der Waals surface area contributed by atoms with Crippen LogP contribution < -0.4 is 4.74 Å². The van der Waals surface area contributed by atoms with Gasteiger partial charge in [0.15, 0.2) is 0 Å². The van der Waals surface area contributed by atoms with Crippen molar-refractivity contribution in [1.82, 2.24) is 9.78 Å². The van der Waals surface area contributed by atoms with Crippen molar-refractivity contribution in [1.29, 1.82) is 0 Å². The van der Waals surface area contributed by atoms with E-state index in [4.69, 9.17) is 14.6 Å². The predicted octanol–water partition coefficient (Wildman–Crippen LogP) is 1.54. The normalized spacial score (nSPS) is 21.4. The van der Waals surface area contributed by atoms with Crippen LogP contribution in [0.25, 0.3) is 0 Å². The Balaban J connectivity index is 1.80. The van der Waals surface area contributed by atoms with Gasteiger partial charge < -0.3 is 14.6 Å². The minimum absolute atomic E-state index is 0.0676. The highest BCUT2D eigenvalue weighted by Crippen LogP contribution is 2.33. The number of ether oxygens (including phenoxy) is 2. The Morgan fingerprint density at radius 3 is 2.90 bits per heavy atom. The van der Waals surface area contributed by atoms with E-state index in [9.17, 15) is 9.59 Å². The molecule has 1 aromatic heterocycles. The zero-order valence-electron chi connectivity index (χ0n) is 12.1. The Morgan fingerprint density at radius 2 is 2.38 bits per heavy atom. The second-order valence-corrected chi connectivity index (χ2v) is 5.37. The van der Waals surface area contributed by atoms with Crippen molar-refractivity contribution in [3.63, 3.8) is 0 Å². The van der Waals surface area contributed by atoms with Crippen LogP contribution in [0.1, 0.15) is 36.7 Å². The number of hydrogen-bond donors (Lipinski definition) is 1. The van der Waals surface area contributed by atoms with Gasteiger partial charge in [-0.25, -0.2) is 9.59 Å². The number of esters is 1. The predicted molar refractivity (Wildman–Crippen MR) is 73.2 cm³/mol. The minimum Gasteiger partial charge on any atom is -0.477 e. The van der Waals surface area contributed by atoms with Gasteiger partial charge in [0, 0.05) is 25.1 Å². The molecule has 1 aliphatic heterocycles. The Morgan fingerprint density at radius 1 is 1.67 bits per heavy atom. The van der Waals surface area contributed by atoms with E-state index in [1.807, 2.05) is 6.92 Å². The van der Waals surface area contributed by atoms with Crippen LogP contribution in [0.5, 0.6) is 5.88 Å². The van der Waals surface area contributed by atoms with E-state index in [2.05, 4.69) is 11.7 Å². The van der Waals surface area contributed by atoms with Gasteiger partial charge in [0.1, 0.15) is 11.3 Å². The van der Waals surface area contributed by atoms with E-state index in [-0.39, 0.29) is 17.5 Å². The van der Waals surface area contributed by atoms with E-state index in [0.717, 1.165) is 0 Å². The molecule has 7 nitrogen and oxygen atoms in total. The second kappa shape index (κ2) is 5.59. The smallest absolute Gasteiger partial charge is 0.354 e. The summed E-state index contributed by atoms with van der Waals surface area (Å²) in [4.78, 5) is 22.2. The second-order valence-electron chi connectivity index (χ2n) is 5.37. The number of rotatable bonds is 6. The number of carboxylic acid groups (broad SMARTS) is 1. The summed E-state index contributed by atoms with van der Waals surface area (Å²) in [7, 11) is 1.54. The molecule has 1 unspecified atom stereocenters. The molecule has 1 atom stereocenters. The summed E-state index contributed by atoms with van der Waals surface area (Å²) < 4.78 is 11.9. The molecule has 1 aromatic rings. The molecule has 7 heteroatoms. The summed E-state index contributed by atoms with van der Waals surface area (Å²) in [6, 6.07) is 1.38. The lowest BCUT2D eigenvalue weighted by molar-refractivity contribution is -0.145. The number of aromatic carboxylic acids is 1. The Bertz CT molecular complexity index is 574. The van der Waals surface area contributed by atoms with E-state index in [1.54, 1.807) is 7.05 Å². The van der Waals surface area contributed by atoms with Crippen molar-refractivity contribution in [2.24, 2.45) is 7.05 Å². The first kappa shape index (κ1) is 15.1. The summed E-state index contributed by atoms with van der Waals surface area (Å²) in [6.45, 7) is 5.90. The maximum absolute atomic E-state index is 11.3. The SMILES string of the molecule is C=C1CC(C)(CCCOc2cc(C(=O)O)n(C)n2)OC1=O. The molecule has 0 aliphatic carbocycles. The molecular weight excluding hydrogens is 276 g/mol. The van der Waals surface area contributed by atoms with Crippen LogP contribution in [0.2, 0.25) is 0 Å². The zero-order valence-corrected chi connectivity index (χ0v) is 12.1. The van der Waals surface area contributed by atoms with Crippen molar-refractivity contribution in [2.75, 3.05) is 6.61 Å². The molecule has 1 fully saturated rings. The number of cyclic esters (lactones) is 1. The third-order valence-electron chi connectivity index (χ3n) is 3.39. The molecule has 1 aliphatic rings. The standard InChI is InChI=1S/C14H18N2O5/c1-9-8-14(2,21-13(9)19)5-4-6-20-11-7-10(12(17)18)16(3)15-11/h7H,1,4-6,8H2,2-3H3,(H,17,18). The van der Waals surface area contributed by atoms with Gasteiger partial charge in [-0.05, 0) is 19.8 Å². The number of carbonyl (C=O) groups excluding carboxylic acids is 1. The molecule has 0 radical (unpaired) electrons. The quantitative estimate of drug-likeness (QED) is 0.486. The number of hydrogen-bond acceptors (Lipinski definition) is 5. The van der Waals surface area contributed by atoms with Crippen LogP contribution in [0.15, 0.2) is 18.2 Å². The average molecular weight is 294 g/mol. The molecule has 0 spiro atoms. The van der Waals surface area contributed by atoms with Crippen LogP contribution in [-0.2, 0) is 16.6 Å². The fraction of sp³-hybridized carbons (Fsp3) is 0.500. The van der Waals surface area contributed by atoms with Crippen molar-refractivity contribution in [3.8, 4) is 5.88 Å². The molecule has 0 saturated carbocycles. The van der Waals surface area contributed by atoms with Gasteiger partial charge in [-0.3, -0.25) is 4.68 Å². The number of carbonyl (C=O) groups is 2. The molecule has 1 saturated heterocycles. The molecule has 2 heterocycles. The molecule has 2 rings (SSSR count). The fourth-order valence-electron chi connectivity index (χ4n) is 2.33. The maximum Gasteiger partial charge on any atom is 0.354 e. The van der Waals surface area contributed by atoms with Crippen LogP contribution in [0, 0.1) is 0 Å². The highest BCUT2D eigenvalue weighted by molar-refractivity contribution is 5.90. The topological polar surface area (TPSA) is 90.7 Å². The van der Waals surface area contributed by atoms with Gasteiger partial charge in [-0.15, -0.1) is 5.10 Å². The number of carboxylic acids is 1. The zero-order chi connectivity index (χ0) is 15.6. The molecule has 0 amide bonds. The third-order valence-corrected chi connectivity index (χ3v) is 3.39. The number of aromatic nitrogens is 2. The first-order chi connectivity index (χ1) is 9.81. The van der Waals surface area contributed by atoms with Gasteiger partial charge >= 0.3 is 11.9 Å². The molecular formula is C14H18N2O5. The summed E-state index contributed by atoms with van der Waals surface area (Å²) >= 11 is 0. The highest BCUT2D eigenvalue weighted by atomic mass is 16.6. The van der Waals surface area contributed by atoms with Crippen LogP contribution in [0.4, 0.5) is 0 Å². The van der Waals surface area contributed by atoms with Gasteiger partial charge in [-0.1, -0.05) is 6.58 Å². The van der Waals surface area contributed by atoms with Gasteiger partial charge in [0.25, 0.3) is 0 Å². The van der Waals surface area contributed by atoms with Crippen molar-refractivity contribution in [2.45, 2.75) is 31.8 Å². The molecule has 0 bridgehead atoms. The Kier molecular flexibility index (Phi) is 4.02. The number of aryl methyl sites for hydroxylation is 1. The molecule has 114 valence electrons. The first-order valence-electron chi connectivity index (χ1n) is 6.62. The van der Waals surface area contributed by atoms with E-state index >= 15 is 0 Å². The lowest BCUT2D eigenvalue weighted by atomic mass is 9.95. The van der Waals surface area contributed by atoms with Crippen LogP contribution >= 0.6 is 0 Å². The molecule has 0 aromatic carbocycles. The van der Waals surface area contributed by atoms with E-state index < -0.39 is 11.6 Å². The van der Waals surface area contributed by atoms with Gasteiger partial charge in [-0.2, -0.15) is 0 Å². The van der Waals surface area contributed by atoms with Crippen molar-refractivity contribution in [3.05, 3.63) is 23.9 Å². The lowest BCUT2D eigenvalue weighted by Gasteiger charge is -2.21. The first-order valence-corrected chi connectivity index (χ1v) is 6.62. The third kappa shape index (κ3) is 3.42. The van der Waals surface area contributed by atoms with Gasteiger partial charge in [0.2, 0.25) is 5.88 Å². The summed E-state index contributed by atoms with van der Waals surface area (Å²) in [6.07, 6.45) is 1.84. The fourth-order valence-corrected chi connectivity index (χ4v) is 2.33. The highest BCUT2D eigenvalue weighted by Gasteiger charge is 2.37. The van der Waals surface area contributed by atoms with Crippen molar-refractivity contribution < 1.29 is 24.2 Å². The largest absolute Gasteiger partial charge is 0.477 e. The summed E-state index contributed by atoms with van der Waals surface area (Å²) in [5.41, 5.74) is 0.0423. The van der Waals surface area contributed by atoms with Crippen LogP contribution in [0.3, 0.4) is 0 Å². The minimum atomic E-state index is -1.05.